The first-order valence-electron chi connectivity index (χ1n) is 16.0. The van der Waals surface area contributed by atoms with Crippen molar-refractivity contribution >= 4 is 29.5 Å². The van der Waals surface area contributed by atoms with Crippen LogP contribution in [0.25, 0.3) is 5.82 Å². The highest BCUT2D eigenvalue weighted by atomic mass is 32.2. The number of hydrogen-bond acceptors (Lipinski definition) is 9. The summed E-state index contributed by atoms with van der Waals surface area (Å²) < 4.78 is 10.7. The molecular weight excluding hydrogens is 597 g/mol. The van der Waals surface area contributed by atoms with Crippen LogP contribution in [0.15, 0.2) is 72.0 Å². The fourth-order valence-corrected chi connectivity index (χ4v) is 6.86. The molecule has 1 amide bonds. The fraction of sp³-hybridized carbons (Fsp3) is 0.457. The number of amides is 1. The minimum Gasteiger partial charge on any atom is -0.477 e. The van der Waals surface area contributed by atoms with Gasteiger partial charge in [0.2, 0.25) is 5.88 Å². The summed E-state index contributed by atoms with van der Waals surface area (Å²) in [5.41, 5.74) is 1.45. The van der Waals surface area contributed by atoms with Crippen LogP contribution >= 0.6 is 11.9 Å². The highest BCUT2D eigenvalue weighted by Crippen LogP contribution is 2.43. The monoisotopic (exact) mass is 640 g/mol. The van der Waals surface area contributed by atoms with Gasteiger partial charge < -0.3 is 15.0 Å². The molecule has 3 unspecified atom stereocenters. The van der Waals surface area contributed by atoms with Crippen molar-refractivity contribution in [2.24, 2.45) is 17.3 Å². The lowest BCUT2D eigenvalue weighted by Crippen LogP contribution is -2.40. The first-order chi connectivity index (χ1) is 21.9. The van der Waals surface area contributed by atoms with Gasteiger partial charge in [0.1, 0.15) is 16.7 Å². The Morgan fingerprint density at radius 1 is 1.07 bits per heavy atom. The van der Waals surface area contributed by atoms with Gasteiger partial charge in [-0.2, -0.15) is 0 Å². The fourth-order valence-electron chi connectivity index (χ4n) is 6.26. The smallest absolute Gasteiger partial charge is 0.265 e. The molecule has 2 aliphatic heterocycles. The van der Waals surface area contributed by atoms with Gasteiger partial charge in [0.25, 0.3) is 5.91 Å². The molecule has 4 aromatic rings. The number of fused-ring (bicyclic) bond motifs is 6. The molecule has 11 heteroatoms. The Balaban J connectivity index is 1.35. The molecule has 4 bridgehead atoms. The van der Waals surface area contributed by atoms with Crippen LogP contribution in [-0.4, -0.2) is 49.3 Å². The van der Waals surface area contributed by atoms with Crippen LogP contribution in [0.4, 0.5) is 11.6 Å². The Morgan fingerprint density at radius 2 is 1.91 bits per heavy atom. The summed E-state index contributed by atoms with van der Waals surface area (Å²) in [6.07, 6.45) is 6.46. The number of rotatable bonds is 5. The van der Waals surface area contributed by atoms with Gasteiger partial charge in [-0.25, -0.2) is 14.6 Å². The first-order valence-corrected chi connectivity index (χ1v) is 16.9. The Labute approximate surface area is 275 Å². The Morgan fingerprint density at radius 3 is 2.70 bits per heavy atom. The number of carbonyl (C=O) groups excluding carboxylic acids is 1. The molecule has 2 aliphatic rings. The molecule has 0 spiro atoms. The summed E-state index contributed by atoms with van der Waals surface area (Å²) in [6.45, 7) is 14.8. The molecule has 6 heterocycles. The van der Waals surface area contributed by atoms with Gasteiger partial charge in [-0.05, 0) is 86.8 Å². The van der Waals surface area contributed by atoms with Crippen molar-refractivity contribution in [3.05, 3.63) is 78.2 Å². The summed E-state index contributed by atoms with van der Waals surface area (Å²) in [5.74, 6) is 3.08. The van der Waals surface area contributed by atoms with Crippen LogP contribution in [0.3, 0.4) is 0 Å². The Hall–Kier alpha value is -4.12. The van der Waals surface area contributed by atoms with Gasteiger partial charge in [0.15, 0.2) is 5.82 Å². The molecular formula is C35H44N8O2S. The van der Waals surface area contributed by atoms with Crippen molar-refractivity contribution in [1.82, 2.24) is 29.5 Å². The zero-order chi connectivity index (χ0) is 32.5. The Kier molecular flexibility index (Phi) is 8.96. The molecule has 0 saturated carbocycles. The van der Waals surface area contributed by atoms with Crippen LogP contribution in [0.2, 0.25) is 0 Å². The zero-order valence-electron chi connectivity index (χ0n) is 27.5. The first kappa shape index (κ1) is 31.8. The SMILES string of the molecule is CC1CC(c2ccccn2)Nc2cccc(n2)SNC(=O)c2ccc(-n3ccc(OCCC(C)(C)C)n3)nc2N2CC1CC2(C)C. The van der Waals surface area contributed by atoms with Gasteiger partial charge in [0, 0.05) is 42.5 Å². The summed E-state index contributed by atoms with van der Waals surface area (Å²) in [4.78, 5) is 30.7. The third kappa shape index (κ3) is 7.30. The molecule has 0 aromatic carbocycles. The van der Waals surface area contributed by atoms with Crippen molar-refractivity contribution in [3.8, 4) is 11.7 Å². The number of ether oxygens (including phenoxy) is 1. The minimum atomic E-state index is -0.227. The highest BCUT2D eigenvalue weighted by molar-refractivity contribution is 7.97. The predicted molar refractivity (Wildman–Crippen MR) is 182 cm³/mol. The zero-order valence-corrected chi connectivity index (χ0v) is 28.3. The van der Waals surface area contributed by atoms with Gasteiger partial charge in [-0.3, -0.25) is 14.5 Å². The molecule has 0 radical (unpaired) electrons. The number of nitrogens with one attached hydrogen (secondary N) is 2. The maximum atomic E-state index is 13.8. The van der Waals surface area contributed by atoms with E-state index in [0.29, 0.717) is 46.5 Å². The van der Waals surface area contributed by atoms with E-state index in [0.717, 1.165) is 37.3 Å². The number of hydrogen-bond donors (Lipinski definition) is 2. The van der Waals surface area contributed by atoms with Gasteiger partial charge in [-0.1, -0.05) is 39.8 Å². The maximum Gasteiger partial charge on any atom is 0.265 e. The number of pyridine rings is 3. The summed E-state index contributed by atoms with van der Waals surface area (Å²) >= 11 is 1.20. The lowest BCUT2D eigenvalue weighted by atomic mass is 9.83. The van der Waals surface area contributed by atoms with E-state index in [1.54, 1.807) is 4.68 Å². The third-order valence-electron chi connectivity index (χ3n) is 8.92. The summed E-state index contributed by atoms with van der Waals surface area (Å²) in [7, 11) is 0. The summed E-state index contributed by atoms with van der Waals surface area (Å²) in [6, 6.07) is 17.4. The lowest BCUT2D eigenvalue weighted by Gasteiger charge is -2.34. The van der Waals surface area contributed by atoms with Crippen molar-refractivity contribution < 1.29 is 9.53 Å². The van der Waals surface area contributed by atoms with Crippen LogP contribution in [0, 0.1) is 17.3 Å². The van der Waals surface area contributed by atoms with Crippen LogP contribution < -0.4 is 19.7 Å². The van der Waals surface area contributed by atoms with Crippen molar-refractivity contribution in [1.29, 1.82) is 0 Å². The molecule has 0 aliphatic carbocycles. The molecule has 2 N–H and O–H groups in total. The van der Waals surface area contributed by atoms with Crippen LogP contribution in [0.5, 0.6) is 5.88 Å². The van der Waals surface area contributed by atoms with Crippen molar-refractivity contribution in [2.75, 3.05) is 23.4 Å². The van der Waals surface area contributed by atoms with E-state index in [4.69, 9.17) is 19.7 Å². The summed E-state index contributed by atoms with van der Waals surface area (Å²) in [5, 5.41) is 8.98. The predicted octanol–water partition coefficient (Wildman–Crippen LogP) is 7.11. The van der Waals surface area contributed by atoms with E-state index in [-0.39, 0.29) is 22.9 Å². The molecule has 1 saturated heterocycles. The maximum absolute atomic E-state index is 13.8. The molecule has 6 rings (SSSR count). The number of aromatic nitrogens is 5. The molecule has 3 atom stereocenters. The number of carbonyl (C=O) groups is 1. The topological polar surface area (TPSA) is 110 Å². The highest BCUT2D eigenvalue weighted by Gasteiger charge is 2.43. The van der Waals surface area contributed by atoms with Gasteiger partial charge in [-0.15, -0.1) is 5.10 Å². The van der Waals surface area contributed by atoms with E-state index >= 15 is 0 Å². The second-order valence-corrected chi connectivity index (χ2v) is 15.1. The van der Waals surface area contributed by atoms with E-state index < -0.39 is 0 Å². The average molecular weight is 641 g/mol. The van der Waals surface area contributed by atoms with Gasteiger partial charge >= 0.3 is 0 Å². The standard InChI is InChI=1S/C35H44N8O2S/c1-23-20-27(26-10-7-8-17-36-26)37-28-11-9-12-31(38-28)46-41-33(44)25-13-14-29(39-32(25)42-22-24(23)21-35(42,5)6)43-18-15-30(40-43)45-19-16-34(2,3)4/h7-15,17-18,23-24,27H,16,19-22H2,1-6H3,(H,37,38)(H,41,44). The van der Waals surface area contributed by atoms with E-state index in [2.05, 4.69) is 67.6 Å². The molecule has 242 valence electrons. The number of anilines is 2. The quantitative estimate of drug-likeness (QED) is 0.221. The van der Waals surface area contributed by atoms with E-state index in [1.807, 2.05) is 60.9 Å². The van der Waals surface area contributed by atoms with E-state index in [9.17, 15) is 4.79 Å². The molecule has 10 nitrogen and oxygen atoms in total. The largest absolute Gasteiger partial charge is 0.477 e. The van der Waals surface area contributed by atoms with Crippen LogP contribution in [-0.2, 0) is 0 Å². The van der Waals surface area contributed by atoms with E-state index in [1.165, 1.54) is 11.9 Å². The lowest BCUT2D eigenvalue weighted by molar-refractivity contribution is 0.0984. The van der Waals surface area contributed by atoms with Crippen molar-refractivity contribution in [2.45, 2.75) is 77.4 Å². The molecule has 1 fully saturated rings. The second-order valence-electron chi connectivity index (χ2n) is 14.2. The molecule has 4 aromatic heterocycles. The van der Waals surface area contributed by atoms with Crippen molar-refractivity contribution in [3.63, 3.8) is 0 Å². The Bertz CT molecular complexity index is 1670. The molecule has 46 heavy (non-hydrogen) atoms. The van der Waals surface area contributed by atoms with Crippen LogP contribution in [0.1, 0.15) is 82.9 Å². The third-order valence-corrected chi connectivity index (χ3v) is 9.65. The van der Waals surface area contributed by atoms with Gasteiger partial charge in [0.05, 0.1) is 23.9 Å². The second kappa shape index (κ2) is 12.9. The average Bonchev–Trinajstić information content (AvgIpc) is 3.62. The normalized spacial score (nSPS) is 21.4. The number of nitrogens with zero attached hydrogens (tertiary/aromatic N) is 6. The minimum absolute atomic E-state index is 0.0162.